The van der Waals surface area contributed by atoms with Gasteiger partial charge in [0.2, 0.25) is 11.8 Å². The van der Waals surface area contributed by atoms with Crippen LogP contribution < -0.4 is 20.7 Å². The molecule has 1 aromatic heterocycles. The number of aromatic amines is 1. The highest BCUT2D eigenvalue weighted by molar-refractivity contribution is 7.46. The molecule has 3 rings (SSSR count). The Morgan fingerprint density at radius 2 is 1.97 bits per heavy atom. The first-order valence-corrected chi connectivity index (χ1v) is 13.8. The summed E-state index contributed by atoms with van der Waals surface area (Å²) in [6, 6.07) is 4.90. The molecule has 14 heteroatoms. The number of benzene rings is 1. The Balaban J connectivity index is 1.77. The predicted molar refractivity (Wildman–Crippen MR) is 137 cm³/mol. The Morgan fingerprint density at radius 1 is 1.24 bits per heavy atom. The summed E-state index contributed by atoms with van der Waals surface area (Å²) < 4.78 is 20.9. The zero-order chi connectivity index (χ0) is 28.0. The van der Waals surface area contributed by atoms with Crippen molar-refractivity contribution < 1.29 is 43.1 Å². The van der Waals surface area contributed by atoms with Gasteiger partial charge in [0.15, 0.2) is 0 Å². The molecule has 3 amide bonds. The number of rotatable bonds is 13. The number of aromatic nitrogens is 1. The quantitative estimate of drug-likeness (QED) is 0.175. The Kier molecular flexibility index (Phi) is 9.91. The van der Waals surface area contributed by atoms with Crippen molar-refractivity contribution in [3.63, 3.8) is 0 Å². The minimum Gasteiger partial charge on any atom is -0.496 e. The van der Waals surface area contributed by atoms with E-state index < -0.39 is 50.3 Å². The molecule has 13 nitrogen and oxygen atoms in total. The van der Waals surface area contributed by atoms with Crippen LogP contribution in [0.25, 0.3) is 10.9 Å². The molecule has 0 radical (unpaired) electrons. The molecule has 1 saturated heterocycles. The van der Waals surface area contributed by atoms with Gasteiger partial charge in [-0.3, -0.25) is 18.9 Å². The maximum atomic E-state index is 13.3. The number of H-pyrrole nitrogens is 1. The van der Waals surface area contributed by atoms with Crippen LogP contribution in [0, 0.1) is 11.8 Å². The smallest absolute Gasteiger partial charge is 0.469 e. The number of hydrogen-bond donors (Lipinski definition) is 7. The molecule has 2 heterocycles. The summed E-state index contributed by atoms with van der Waals surface area (Å²) in [4.78, 5) is 59.5. The summed E-state index contributed by atoms with van der Waals surface area (Å²) >= 11 is 0. The minimum absolute atomic E-state index is 0.0100. The third kappa shape index (κ3) is 8.02. The molecule has 1 fully saturated rings. The average Bonchev–Trinajstić information content (AvgIpc) is 3.46. The van der Waals surface area contributed by atoms with E-state index in [0.717, 1.165) is 0 Å². The highest BCUT2D eigenvalue weighted by Gasteiger charge is 2.34. The van der Waals surface area contributed by atoms with Crippen molar-refractivity contribution in [2.45, 2.75) is 51.3 Å². The van der Waals surface area contributed by atoms with E-state index in [0.29, 0.717) is 29.6 Å². The van der Waals surface area contributed by atoms with Crippen molar-refractivity contribution in [1.29, 1.82) is 0 Å². The summed E-state index contributed by atoms with van der Waals surface area (Å²) in [5.74, 6) is -1.30. The Bertz CT molecular complexity index is 1190. The van der Waals surface area contributed by atoms with E-state index >= 15 is 0 Å². The van der Waals surface area contributed by atoms with E-state index in [2.05, 4.69) is 25.5 Å². The molecule has 4 atom stereocenters. The number of amides is 3. The van der Waals surface area contributed by atoms with Gasteiger partial charge in [-0.2, -0.15) is 0 Å². The molecule has 1 aliphatic heterocycles. The van der Waals surface area contributed by atoms with E-state index in [1.165, 1.54) is 7.11 Å². The van der Waals surface area contributed by atoms with Crippen molar-refractivity contribution in [3.8, 4) is 5.75 Å². The van der Waals surface area contributed by atoms with E-state index in [1.807, 2.05) is 13.8 Å². The molecular formula is C24H35N4O9P. The van der Waals surface area contributed by atoms with Crippen molar-refractivity contribution in [3.05, 3.63) is 30.0 Å². The largest absolute Gasteiger partial charge is 0.496 e. The third-order valence-corrected chi connectivity index (χ3v) is 6.81. The van der Waals surface area contributed by atoms with E-state index in [-0.39, 0.29) is 30.4 Å². The summed E-state index contributed by atoms with van der Waals surface area (Å²) in [7, 11) is -3.35. The number of aliphatic hydroxyl groups excluding tert-OH is 1. The number of carbonyl (C=O) groups is 3. The zero-order valence-corrected chi connectivity index (χ0v) is 22.4. The van der Waals surface area contributed by atoms with Gasteiger partial charge in [0.25, 0.3) is 5.91 Å². The van der Waals surface area contributed by atoms with Gasteiger partial charge in [-0.15, -0.1) is 0 Å². The van der Waals surface area contributed by atoms with Crippen LogP contribution >= 0.6 is 7.82 Å². The molecule has 1 aliphatic rings. The van der Waals surface area contributed by atoms with E-state index in [1.54, 1.807) is 24.3 Å². The lowest BCUT2D eigenvalue weighted by Gasteiger charge is -2.28. The number of phosphoric ester groups is 1. The summed E-state index contributed by atoms with van der Waals surface area (Å²) in [5, 5.41) is 19.4. The van der Waals surface area contributed by atoms with E-state index in [9.17, 15) is 24.1 Å². The molecule has 0 aliphatic carbocycles. The second-order valence-corrected chi connectivity index (χ2v) is 11.0. The molecule has 38 heavy (non-hydrogen) atoms. The van der Waals surface area contributed by atoms with Crippen LogP contribution in [-0.2, 0) is 18.7 Å². The number of ether oxygens (including phenoxy) is 1. The van der Waals surface area contributed by atoms with Crippen LogP contribution in [0.15, 0.2) is 24.3 Å². The fraction of sp³-hybridized carbons (Fsp3) is 0.542. The van der Waals surface area contributed by atoms with Gasteiger partial charge < -0.3 is 40.6 Å². The van der Waals surface area contributed by atoms with Gasteiger partial charge in [0.1, 0.15) is 17.5 Å². The first kappa shape index (κ1) is 29.6. The Hall–Kier alpha value is -2.96. The number of carbonyl (C=O) groups excluding carboxylic acids is 3. The van der Waals surface area contributed by atoms with Crippen LogP contribution in [-0.4, -0.2) is 76.0 Å². The van der Waals surface area contributed by atoms with Crippen LogP contribution in [0.5, 0.6) is 5.75 Å². The first-order valence-electron chi connectivity index (χ1n) is 12.3. The van der Waals surface area contributed by atoms with E-state index in [4.69, 9.17) is 14.5 Å². The molecule has 1 aromatic carbocycles. The zero-order valence-electron chi connectivity index (χ0n) is 21.5. The lowest BCUT2D eigenvalue weighted by atomic mass is 9.94. The number of methoxy groups -OCH3 is 1. The fourth-order valence-electron chi connectivity index (χ4n) is 4.43. The minimum atomic E-state index is -4.87. The van der Waals surface area contributed by atoms with Gasteiger partial charge in [0.05, 0.1) is 25.9 Å². The molecule has 2 aromatic rings. The normalized spacial score (nSPS) is 18.2. The van der Waals surface area contributed by atoms with Gasteiger partial charge in [-0.25, -0.2) is 4.57 Å². The number of aliphatic hydroxyl groups is 1. The lowest BCUT2D eigenvalue weighted by Crippen LogP contribution is -2.54. The summed E-state index contributed by atoms with van der Waals surface area (Å²) in [6.07, 6.45) is -0.746. The molecule has 210 valence electrons. The van der Waals surface area contributed by atoms with Crippen molar-refractivity contribution in [1.82, 2.24) is 20.9 Å². The summed E-state index contributed by atoms with van der Waals surface area (Å²) in [5.41, 5.74) is 0.905. The van der Waals surface area contributed by atoms with Crippen LogP contribution in [0.4, 0.5) is 0 Å². The highest BCUT2D eigenvalue weighted by Crippen LogP contribution is 2.36. The van der Waals surface area contributed by atoms with Crippen LogP contribution in [0.3, 0.4) is 0 Å². The average molecular weight is 555 g/mol. The second kappa shape index (κ2) is 12.7. The first-order chi connectivity index (χ1) is 17.9. The van der Waals surface area contributed by atoms with Gasteiger partial charge in [0, 0.05) is 23.4 Å². The molecule has 0 unspecified atom stereocenters. The van der Waals surface area contributed by atoms with Crippen molar-refractivity contribution in [2.75, 3.05) is 20.3 Å². The SMILES string of the molecule is COc1cccc2[nH]c(C(=O)N[C@@H](CC(C)C)C(=O)N[C@@H](C[C@@H]3CCNC3=O)[C@H](O)COP(=O)(O)O)cc12. The maximum absolute atomic E-state index is 13.3. The Morgan fingerprint density at radius 3 is 2.58 bits per heavy atom. The standard InChI is InChI=1S/C24H35N4O9P/c1-13(2)9-18(28-24(32)19-11-15-16(26-19)5-4-6-21(15)36-3)23(31)27-17(10-14-7-8-25-22(14)30)20(29)12-37-38(33,34)35/h4-6,11,13-14,17-18,20,26,29H,7-10,12H2,1-3H3,(H,25,30)(H,27,31)(H,28,32)(H2,33,34,35)/t14-,17-,18-,20+/m0/s1. The van der Waals surface area contributed by atoms with Crippen LogP contribution in [0.1, 0.15) is 43.6 Å². The second-order valence-electron chi connectivity index (χ2n) is 9.74. The molecule has 7 N–H and O–H groups in total. The number of nitrogens with one attached hydrogen (secondary N) is 4. The topological polar surface area (TPSA) is 199 Å². The van der Waals surface area contributed by atoms with Crippen molar-refractivity contribution >= 4 is 36.4 Å². The monoisotopic (exact) mass is 554 g/mol. The highest BCUT2D eigenvalue weighted by atomic mass is 31.2. The van der Waals surface area contributed by atoms with Gasteiger partial charge >= 0.3 is 7.82 Å². The van der Waals surface area contributed by atoms with Gasteiger partial charge in [-0.1, -0.05) is 19.9 Å². The van der Waals surface area contributed by atoms with Gasteiger partial charge in [-0.05, 0) is 43.4 Å². The molecular weight excluding hydrogens is 519 g/mol. The predicted octanol–water partition coefficient (Wildman–Crippen LogP) is 0.802. The molecule has 0 spiro atoms. The number of fused-ring (bicyclic) bond motifs is 1. The number of phosphoric acid groups is 1. The maximum Gasteiger partial charge on any atom is 0.469 e. The van der Waals surface area contributed by atoms with Crippen LogP contribution in [0.2, 0.25) is 0 Å². The molecule has 0 bridgehead atoms. The lowest BCUT2D eigenvalue weighted by molar-refractivity contribution is -0.127. The molecule has 0 saturated carbocycles. The summed E-state index contributed by atoms with van der Waals surface area (Å²) in [6.45, 7) is 3.44. The fourth-order valence-corrected chi connectivity index (χ4v) is 4.78. The van der Waals surface area contributed by atoms with Crippen molar-refractivity contribution in [2.24, 2.45) is 11.8 Å². The third-order valence-electron chi connectivity index (χ3n) is 6.32. The number of hydrogen-bond acceptors (Lipinski definition) is 7. The Labute approximate surface area is 219 Å².